The molecule has 0 spiro atoms. The molecule has 1 heterocycles. The van der Waals surface area contributed by atoms with Crippen molar-refractivity contribution in [3.05, 3.63) is 59.1 Å². The van der Waals surface area contributed by atoms with Crippen LogP contribution in [0.4, 0.5) is 13.2 Å². The topological polar surface area (TPSA) is 68.7 Å². The van der Waals surface area contributed by atoms with Gasteiger partial charge in [0, 0.05) is 10.9 Å². The lowest BCUT2D eigenvalue weighted by atomic mass is 9.82. The van der Waals surface area contributed by atoms with Gasteiger partial charge in [-0.05, 0) is 43.2 Å². The van der Waals surface area contributed by atoms with E-state index in [1.165, 1.54) is 12.1 Å². The van der Waals surface area contributed by atoms with Crippen molar-refractivity contribution in [1.29, 1.82) is 0 Å². The average molecular weight is 466 g/mol. The number of hydrogen-bond donors (Lipinski definition) is 1. The number of halogens is 4. The summed E-state index contributed by atoms with van der Waals surface area (Å²) in [6.07, 6.45) is -4.01. The van der Waals surface area contributed by atoms with Crippen LogP contribution >= 0.6 is 11.6 Å². The third-order valence-electron chi connectivity index (χ3n) is 5.39. The highest BCUT2D eigenvalue weighted by Crippen LogP contribution is 2.39. The van der Waals surface area contributed by atoms with Gasteiger partial charge in [-0.25, -0.2) is 4.98 Å². The smallest absolute Gasteiger partial charge is 0.419 e. The molecular weight excluding hydrogens is 447 g/mol. The van der Waals surface area contributed by atoms with Gasteiger partial charge in [0.1, 0.15) is 12.4 Å². The Balaban J connectivity index is 1.47. The molecule has 1 aliphatic rings. The Morgan fingerprint density at radius 2 is 1.91 bits per heavy atom. The van der Waals surface area contributed by atoms with E-state index in [0.717, 1.165) is 11.5 Å². The summed E-state index contributed by atoms with van der Waals surface area (Å²) in [5.74, 6) is -1.58. The number of aromatic nitrogens is 1. The molecule has 1 saturated carbocycles. The molecule has 0 amide bonds. The molecule has 3 aromatic rings. The first-order chi connectivity index (χ1) is 15.2. The van der Waals surface area contributed by atoms with E-state index in [0.29, 0.717) is 29.1 Å². The van der Waals surface area contributed by atoms with Crippen molar-refractivity contribution in [3.8, 4) is 17.0 Å². The van der Waals surface area contributed by atoms with Crippen molar-refractivity contribution in [2.24, 2.45) is 5.92 Å². The third kappa shape index (κ3) is 4.81. The van der Waals surface area contributed by atoms with Gasteiger partial charge in [-0.15, -0.1) is 0 Å². The summed E-state index contributed by atoms with van der Waals surface area (Å²) in [5.41, 5.74) is 0.255. The van der Waals surface area contributed by atoms with Crippen molar-refractivity contribution in [1.82, 2.24) is 4.98 Å². The highest BCUT2D eigenvalue weighted by Gasteiger charge is 2.36. The Kier molecular flexibility index (Phi) is 6.26. The first kappa shape index (κ1) is 22.4. The van der Waals surface area contributed by atoms with E-state index in [1.54, 1.807) is 24.3 Å². The van der Waals surface area contributed by atoms with Gasteiger partial charge in [0.15, 0.2) is 0 Å². The minimum atomic E-state index is -4.62. The van der Waals surface area contributed by atoms with E-state index < -0.39 is 23.6 Å². The lowest BCUT2D eigenvalue weighted by Crippen LogP contribution is -2.37. The number of hydrogen-bond acceptors (Lipinski definition) is 4. The van der Waals surface area contributed by atoms with Gasteiger partial charge >= 0.3 is 12.1 Å². The molecule has 0 saturated heterocycles. The fraction of sp³-hybridized carbons (Fsp3) is 0.304. The summed E-state index contributed by atoms with van der Waals surface area (Å²) in [6.45, 7) is -0.0126. The number of pyridine rings is 1. The second-order valence-electron chi connectivity index (χ2n) is 7.56. The van der Waals surface area contributed by atoms with Crippen molar-refractivity contribution >= 4 is 28.5 Å². The molecule has 1 aromatic heterocycles. The van der Waals surface area contributed by atoms with Crippen LogP contribution in [0.5, 0.6) is 5.75 Å². The summed E-state index contributed by atoms with van der Waals surface area (Å²) < 4.78 is 51.8. The number of alkyl halides is 3. The summed E-state index contributed by atoms with van der Waals surface area (Å²) >= 11 is 6.17. The Labute approximate surface area is 186 Å². The summed E-state index contributed by atoms with van der Waals surface area (Å²) in [6, 6.07) is 12.5. The van der Waals surface area contributed by atoms with Crippen LogP contribution in [0.3, 0.4) is 0 Å². The van der Waals surface area contributed by atoms with Crippen LogP contribution in [-0.2, 0) is 15.7 Å². The molecule has 0 aliphatic heterocycles. The quantitative estimate of drug-likeness (QED) is 0.444. The second-order valence-corrected chi connectivity index (χ2v) is 7.97. The molecule has 1 aliphatic carbocycles. The van der Waals surface area contributed by atoms with E-state index in [9.17, 15) is 18.0 Å². The number of aliphatic carboxylic acids is 1. The molecular formula is C23H19ClF3NO4. The Morgan fingerprint density at radius 1 is 1.12 bits per heavy atom. The fourth-order valence-corrected chi connectivity index (χ4v) is 3.80. The minimum absolute atomic E-state index is 0.0702. The fourth-order valence-electron chi connectivity index (χ4n) is 3.58. The second kappa shape index (κ2) is 8.96. The van der Waals surface area contributed by atoms with Gasteiger partial charge in [-0.3, -0.25) is 4.79 Å². The van der Waals surface area contributed by atoms with Gasteiger partial charge < -0.3 is 14.6 Å². The van der Waals surface area contributed by atoms with Crippen molar-refractivity contribution in [3.63, 3.8) is 0 Å². The number of benzene rings is 2. The highest BCUT2D eigenvalue weighted by molar-refractivity contribution is 6.35. The maximum absolute atomic E-state index is 13.7. The number of carboxylic acid groups (broad SMARTS) is 1. The molecule has 1 fully saturated rings. The minimum Gasteiger partial charge on any atom is -0.491 e. The molecule has 2 aromatic carbocycles. The predicted octanol–water partition coefficient (Wildman–Crippen LogP) is 5.83. The lowest BCUT2D eigenvalue weighted by molar-refractivity contribution is -0.151. The van der Waals surface area contributed by atoms with E-state index in [2.05, 4.69) is 4.98 Å². The molecule has 32 heavy (non-hydrogen) atoms. The monoisotopic (exact) mass is 465 g/mol. The van der Waals surface area contributed by atoms with Gasteiger partial charge in [0.25, 0.3) is 0 Å². The number of fused-ring (bicyclic) bond motifs is 1. The van der Waals surface area contributed by atoms with E-state index in [4.69, 9.17) is 26.2 Å². The molecule has 0 unspecified atom stereocenters. The predicted molar refractivity (Wildman–Crippen MR) is 113 cm³/mol. The van der Waals surface area contributed by atoms with E-state index >= 15 is 0 Å². The molecule has 0 atom stereocenters. The number of rotatable bonds is 7. The molecule has 5 nitrogen and oxygen atoms in total. The molecule has 0 radical (unpaired) electrons. The first-order valence-corrected chi connectivity index (χ1v) is 10.3. The largest absolute Gasteiger partial charge is 0.491 e. The van der Waals surface area contributed by atoms with E-state index in [1.807, 2.05) is 6.07 Å². The maximum Gasteiger partial charge on any atom is 0.419 e. The van der Waals surface area contributed by atoms with Gasteiger partial charge in [0.05, 0.1) is 40.4 Å². The summed E-state index contributed by atoms with van der Waals surface area (Å²) in [4.78, 5) is 15.2. The Morgan fingerprint density at radius 3 is 2.62 bits per heavy atom. The van der Waals surface area contributed by atoms with Gasteiger partial charge in [-0.1, -0.05) is 29.8 Å². The zero-order valence-corrected chi connectivity index (χ0v) is 17.5. The zero-order valence-electron chi connectivity index (χ0n) is 16.7. The van der Waals surface area contributed by atoms with Crippen LogP contribution < -0.4 is 4.74 Å². The number of para-hydroxylation sites is 1. The van der Waals surface area contributed by atoms with Crippen LogP contribution in [0.15, 0.2) is 48.5 Å². The summed E-state index contributed by atoms with van der Waals surface area (Å²) in [5, 5.41) is 10.1. The highest BCUT2D eigenvalue weighted by atomic mass is 35.5. The van der Waals surface area contributed by atoms with Gasteiger partial charge in [-0.2, -0.15) is 13.2 Å². The normalized spacial score (nSPS) is 18.4. The van der Waals surface area contributed by atoms with Crippen LogP contribution in [0, 0.1) is 5.92 Å². The Hall–Kier alpha value is -2.84. The number of ether oxygens (including phenoxy) is 2. The molecule has 9 heteroatoms. The van der Waals surface area contributed by atoms with Crippen LogP contribution in [0.2, 0.25) is 5.02 Å². The molecule has 168 valence electrons. The van der Waals surface area contributed by atoms with Crippen molar-refractivity contribution in [2.75, 3.05) is 13.2 Å². The third-order valence-corrected chi connectivity index (χ3v) is 5.70. The SMILES string of the molecule is O=C(O)C1CC(OCCOc2ccc(-c3ccc4cccc(Cl)c4n3)cc2C(F)(F)F)C1. The Bertz CT molecular complexity index is 1150. The summed E-state index contributed by atoms with van der Waals surface area (Å²) in [7, 11) is 0. The zero-order chi connectivity index (χ0) is 22.9. The van der Waals surface area contributed by atoms with Crippen molar-refractivity contribution in [2.45, 2.75) is 25.1 Å². The van der Waals surface area contributed by atoms with Crippen molar-refractivity contribution < 1.29 is 32.5 Å². The van der Waals surface area contributed by atoms with Gasteiger partial charge in [0.2, 0.25) is 0 Å². The average Bonchev–Trinajstić information content (AvgIpc) is 2.71. The maximum atomic E-state index is 13.7. The number of carboxylic acids is 1. The first-order valence-electron chi connectivity index (χ1n) is 9.96. The van der Waals surface area contributed by atoms with Crippen LogP contribution in [0.1, 0.15) is 18.4 Å². The number of nitrogens with zero attached hydrogens (tertiary/aromatic N) is 1. The van der Waals surface area contributed by atoms with E-state index in [-0.39, 0.29) is 30.6 Å². The van der Waals surface area contributed by atoms with Crippen LogP contribution in [0.25, 0.3) is 22.2 Å². The van der Waals surface area contributed by atoms with Crippen LogP contribution in [-0.4, -0.2) is 35.4 Å². The lowest BCUT2D eigenvalue weighted by Gasteiger charge is -2.32. The molecule has 1 N–H and O–H groups in total. The molecule has 4 rings (SSSR count). The number of carbonyl (C=O) groups is 1. The molecule has 0 bridgehead atoms. The standard InChI is InChI=1S/C23H19ClF3NO4/c24-18-3-1-2-13-4-6-19(28-21(13)18)14-5-7-20(17(12-14)23(25,26)27)32-9-8-31-16-10-15(11-16)22(29)30/h1-7,12,15-16H,8-11H2,(H,29,30).